The van der Waals surface area contributed by atoms with Crippen LogP contribution in [0.1, 0.15) is 47.6 Å². The van der Waals surface area contributed by atoms with Gasteiger partial charge in [0.2, 0.25) is 0 Å². The number of aliphatic imine (C=N–C) groups is 1. The summed E-state index contributed by atoms with van der Waals surface area (Å²) in [6.45, 7) is 16.3. The van der Waals surface area contributed by atoms with Crippen LogP contribution in [0.25, 0.3) is 0 Å². The molecule has 2 rings (SSSR count). The van der Waals surface area contributed by atoms with Gasteiger partial charge in [0.25, 0.3) is 0 Å². The second kappa shape index (κ2) is 13.9. The van der Waals surface area contributed by atoms with Crippen molar-refractivity contribution in [2.75, 3.05) is 13.1 Å². The fraction of sp³-hybridized carbons (Fsp3) is 0.400. The van der Waals surface area contributed by atoms with E-state index in [2.05, 4.69) is 86.8 Å². The Hall–Kier alpha value is -2.19. The maximum Gasteiger partial charge on any atom is 0.0507 e. The molecule has 0 unspecified atom stereocenters. The van der Waals surface area contributed by atoms with Crippen molar-refractivity contribution in [2.24, 2.45) is 4.99 Å². The van der Waals surface area contributed by atoms with Crippen LogP contribution >= 0.6 is 0 Å². The number of allylic oxidation sites excluding steroid dienone is 1. The molecule has 0 amide bonds. The van der Waals surface area contributed by atoms with Crippen LogP contribution in [0.3, 0.4) is 0 Å². The Morgan fingerprint density at radius 1 is 0.963 bits per heavy atom. The summed E-state index contributed by atoms with van der Waals surface area (Å²) in [6, 6.07) is 15.4. The van der Waals surface area contributed by atoms with Crippen molar-refractivity contribution in [3.63, 3.8) is 0 Å². The Bertz CT molecular complexity index is 671. The lowest BCUT2D eigenvalue weighted by molar-refractivity contribution is 0.697. The first-order chi connectivity index (χ1) is 13.1. The van der Waals surface area contributed by atoms with Gasteiger partial charge >= 0.3 is 0 Å². The van der Waals surface area contributed by atoms with Crippen molar-refractivity contribution in [2.45, 2.75) is 53.0 Å². The molecule has 2 aromatic carbocycles. The molecule has 0 aliphatic rings. The van der Waals surface area contributed by atoms with Gasteiger partial charge in [-0.1, -0.05) is 73.0 Å². The van der Waals surface area contributed by atoms with Crippen LogP contribution in [0.5, 0.6) is 0 Å². The molecule has 0 heterocycles. The quantitative estimate of drug-likeness (QED) is 0.319. The lowest BCUT2D eigenvalue weighted by Crippen LogP contribution is -2.16. The number of aryl methyl sites for hydroxylation is 3. The molecule has 0 atom stereocenters. The number of benzene rings is 2. The molecule has 1 N–H and O–H groups in total. The molecule has 0 saturated heterocycles. The van der Waals surface area contributed by atoms with Crippen LogP contribution in [0.15, 0.2) is 60.1 Å². The van der Waals surface area contributed by atoms with Crippen LogP contribution in [-0.4, -0.2) is 19.8 Å². The van der Waals surface area contributed by atoms with E-state index >= 15 is 0 Å². The van der Waals surface area contributed by atoms with Crippen LogP contribution in [0, 0.1) is 13.8 Å². The number of nitrogens with zero attached hydrogens (tertiary/aromatic N) is 1. The van der Waals surface area contributed by atoms with Crippen molar-refractivity contribution >= 4 is 6.72 Å². The van der Waals surface area contributed by atoms with E-state index in [1.807, 2.05) is 6.08 Å². The Labute approximate surface area is 166 Å². The van der Waals surface area contributed by atoms with E-state index in [1.54, 1.807) is 0 Å². The third-order valence-electron chi connectivity index (χ3n) is 4.29. The standard InChI is InChI=1S/C14H20.C11H16N2/c1-4-6-8-14-10-12(3)9-13(11-14)7-5-2;1-10-3-5-11(6-4-10)9-13-8-7-12-2/h5,9-11H,2,4,6-8H2,1,3H3;3-6,13H,2,7-9H2,1H3. The molecule has 0 aromatic heterocycles. The molecule has 2 heteroatoms. The smallest absolute Gasteiger partial charge is 0.0507 e. The van der Waals surface area contributed by atoms with E-state index in [0.29, 0.717) is 0 Å². The minimum absolute atomic E-state index is 0.784. The lowest BCUT2D eigenvalue weighted by Gasteiger charge is -2.05. The van der Waals surface area contributed by atoms with Crippen LogP contribution in [0.4, 0.5) is 0 Å². The van der Waals surface area contributed by atoms with E-state index in [4.69, 9.17) is 0 Å². The molecule has 0 aliphatic carbocycles. The Kier molecular flexibility index (Phi) is 11.8. The average Bonchev–Trinajstić information content (AvgIpc) is 2.65. The fourth-order valence-electron chi connectivity index (χ4n) is 2.85. The van der Waals surface area contributed by atoms with E-state index in [-0.39, 0.29) is 0 Å². The minimum Gasteiger partial charge on any atom is -0.311 e. The molecule has 0 saturated carbocycles. The summed E-state index contributed by atoms with van der Waals surface area (Å²) < 4.78 is 0. The fourth-order valence-corrected chi connectivity index (χ4v) is 2.85. The predicted octanol–water partition coefficient (Wildman–Crippen LogP) is 5.85. The zero-order chi connectivity index (χ0) is 19.9. The molecule has 0 spiro atoms. The third kappa shape index (κ3) is 10.5. The SMILES string of the molecule is C=CCc1cc(C)cc(CCCC)c1.C=NCCNCc1ccc(C)cc1. The Balaban J connectivity index is 0.000000271. The van der Waals surface area contributed by atoms with Gasteiger partial charge in [-0.2, -0.15) is 0 Å². The van der Waals surface area contributed by atoms with Gasteiger partial charge in [0.1, 0.15) is 0 Å². The van der Waals surface area contributed by atoms with Gasteiger partial charge in [0.05, 0.1) is 6.54 Å². The van der Waals surface area contributed by atoms with Crippen molar-refractivity contribution in [1.29, 1.82) is 0 Å². The van der Waals surface area contributed by atoms with Crippen LogP contribution in [-0.2, 0) is 19.4 Å². The van der Waals surface area contributed by atoms with Crippen molar-refractivity contribution < 1.29 is 0 Å². The second-order valence-electron chi connectivity index (χ2n) is 7.03. The molecule has 0 radical (unpaired) electrons. The molecule has 0 bridgehead atoms. The highest BCUT2D eigenvalue weighted by molar-refractivity contribution is 5.30. The molecule has 2 aromatic rings. The van der Waals surface area contributed by atoms with Gasteiger partial charge in [0.15, 0.2) is 0 Å². The van der Waals surface area contributed by atoms with Crippen molar-refractivity contribution in [1.82, 2.24) is 5.32 Å². The molecular weight excluding hydrogens is 328 g/mol. The maximum absolute atomic E-state index is 3.78. The topological polar surface area (TPSA) is 24.4 Å². The zero-order valence-corrected chi connectivity index (χ0v) is 17.4. The highest BCUT2D eigenvalue weighted by atomic mass is 14.9. The number of rotatable bonds is 10. The summed E-state index contributed by atoms with van der Waals surface area (Å²) in [6.07, 6.45) is 6.73. The third-order valence-corrected chi connectivity index (χ3v) is 4.29. The van der Waals surface area contributed by atoms with Gasteiger partial charge in [-0.15, -0.1) is 6.58 Å². The molecule has 27 heavy (non-hydrogen) atoms. The largest absolute Gasteiger partial charge is 0.311 e. The maximum atomic E-state index is 3.78. The summed E-state index contributed by atoms with van der Waals surface area (Å²) >= 11 is 0. The van der Waals surface area contributed by atoms with Gasteiger partial charge in [0, 0.05) is 13.1 Å². The summed E-state index contributed by atoms with van der Waals surface area (Å²) in [7, 11) is 0. The van der Waals surface area contributed by atoms with E-state index in [9.17, 15) is 0 Å². The Morgan fingerprint density at radius 2 is 1.67 bits per heavy atom. The summed E-state index contributed by atoms with van der Waals surface area (Å²) in [5, 5.41) is 3.29. The molecular formula is C25H36N2. The predicted molar refractivity (Wildman–Crippen MR) is 121 cm³/mol. The summed E-state index contributed by atoms with van der Waals surface area (Å²) in [5.74, 6) is 0. The summed E-state index contributed by atoms with van der Waals surface area (Å²) in [4.78, 5) is 3.77. The lowest BCUT2D eigenvalue weighted by atomic mass is 10.0. The second-order valence-corrected chi connectivity index (χ2v) is 7.03. The van der Waals surface area contributed by atoms with Gasteiger partial charge in [-0.25, -0.2) is 0 Å². The van der Waals surface area contributed by atoms with Crippen molar-refractivity contribution in [3.8, 4) is 0 Å². The first-order valence-electron chi connectivity index (χ1n) is 9.98. The average molecular weight is 365 g/mol. The molecule has 0 aliphatic heterocycles. The number of unbranched alkanes of at least 4 members (excludes halogenated alkanes) is 1. The minimum atomic E-state index is 0.784. The summed E-state index contributed by atoms with van der Waals surface area (Å²) in [5.41, 5.74) is 6.86. The monoisotopic (exact) mass is 364 g/mol. The van der Waals surface area contributed by atoms with E-state index in [1.165, 1.54) is 47.1 Å². The number of hydrogen-bond donors (Lipinski definition) is 1. The molecule has 2 nitrogen and oxygen atoms in total. The van der Waals surface area contributed by atoms with Crippen LogP contribution < -0.4 is 5.32 Å². The van der Waals surface area contributed by atoms with Crippen LogP contribution in [0.2, 0.25) is 0 Å². The van der Waals surface area contributed by atoms with Gasteiger partial charge < -0.3 is 5.32 Å². The normalized spacial score (nSPS) is 10.0. The first kappa shape index (κ1) is 22.9. The van der Waals surface area contributed by atoms with E-state index < -0.39 is 0 Å². The van der Waals surface area contributed by atoms with Gasteiger partial charge in [-0.3, -0.25) is 4.99 Å². The van der Waals surface area contributed by atoms with Gasteiger partial charge in [-0.05, 0) is 56.5 Å². The highest BCUT2D eigenvalue weighted by Gasteiger charge is 1.97. The number of hydrogen-bond acceptors (Lipinski definition) is 2. The molecule has 0 fully saturated rings. The Morgan fingerprint density at radius 3 is 2.30 bits per heavy atom. The zero-order valence-electron chi connectivity index (χ0n) is 17.4. The molecule has 146 valence electrons. The first-order valence-corrected chi connectivity index (χ1v) is 9.98. The van der Waals surface area contributed by atoms with Crippen molar-refractivity contribution in [3.05, 3.63) is 82.9 Å². The number of nitrogens with one attached hydrogen (secondary N) is 1. The highest BCUT2D eigenvalue weighted by Crippen LogP contribution is 2.13. The van der Waals surface area contributed by atoms with E-state index in [0.717, 1.165) is 26.1 Å².